The quantitative estimate of drug-likeness (QED) is 0.901. The van der Waals surface area contributed by atoms with Gasteiger partial charge in [-0.3, -0.25) is 0 Å². The molecule has 2 unspecified atom stereocenters. The van der Waals surface area contributed by atoms with Crippen LogP contribution in [0.25, 0.3) is 0 Å². The third kappa shape index (κ3) is 3.73. The molecule has 1 aromatic rings. The maximum Gasteiger partial charge on any atom is 0.0377 e. The van der Waals surface area contributed by atoms with Crippen LogP contribution in [-0.2, 0) is 0 Å². The van der Waals surface area contributed by atoms with Gasteiger partial charge in [-0.15, -0.1) is 0 Å². The molecule has 1 N–H and O–H groups in total. The van der Waals surface area contributed by atoms with Gasteiger partial charge in [0.2, 0.25) is 0 Å². The maximum atomic E-state index is 3.68. The van der Waals surface area contributed by atoms with E-state index in [0.29, 0.717) is 12.0 Å². The normalized spacial score (nSPS) is 23.7. The largest absolute Gasteiger partial charge is 0.371 e. The average molecular weight is 325 g/mol. The van der Waals surface area contributed by atoms with Crippen molar-refractivity contribution in [3.05, 3.63) is 28.2 Å². The molecule has 2 nitrogen and oxygen atoms in total. The molecule has 0 aliphatic carbocycles. The van der Waals surface area contributed by atoms with E-state index in [0.717, 1.165) is 19.6 Å². The first-order valence-electron chi connectivity index (χ1n) is 7.36. The molecule has 1 aliphatic heterocycles. The molecule has 0 saturated carbocycles. The number of hydrogen-bond acceptors (Lipinski definition) is 2. The first-order chi connectivity index (χ1) is 9.11. The lowest BCUT2D eigenvalue weighted by Crippen LogP contribution is -2.48. The summed E-state index contributed by atoms with van der Waals surface area (Å²) in [4.78, 5) is 2.51. The van der Waals surface area contributed by atoms with E-state index in [2.05, 4.69) is 65.1 Å². The molecule has 1 heterocycles. The Morgan fingerprint density at radius 2 is 2.21 bits per heavy atom. The van der Waals surface area contributed by atoms with Gasteiger partial charge in [0.15, 0.2) is 0 Å². The van der Waals surface area contributed by atoms with Crippen LogP contribution in [-0.4, -0.2) is 25.7 Å². The van der Waals surface area contributed by atoms with Crippen molar-refractivity contribution in [1.82, 2.24) is 5.32 Å². The smallest absolute Gasteiger partial charge is 0.0377 e. The zero-order valence-electron chi connectivity index (χ0n) is 12.2. The van der Waals surface area contributed by atoms with Crippen molar-refractivity contribution in [2.75, 3.05) is 24.5 Å². The van der Waals surface area contributed by atoms with Crippen LogP contribution in [0.5, 0.6) is 0 Å². The fourth-order valence-corrected chi connectivity index (χ4v) is 3.16. The van der Waals surface area contributed by atoms with Crippen molar-refractivity contribution < 1.29 is 0 Å². The first-order valence-corrected chi connectivity index (χ1v) is 8.15. The fourth-order valence-electron chi connectivity index (χ4n) is 2.79. The van der Waals surface area contributed by atoms with E-state index < -0.39 is 0 Å². The van der Waals surface area contributed by atoms with Crippen LogP contribution in [0.3, 0.4) is 0 Å². The SMILES string of the molecule is CCCNC1CCN(c2ccc(C)c(Br)c2)CC1C. The highest BCUT2D eigenvalue weighted by Crippen LogP contribution is 2.27. The number of nitrogens with zero attached hydrogens (tertiary/aromatic N) is 1. The highest BCUT2D eigenvalue weighted by atomic mass is 79.9. The first kappa shape index (κ1) is 14.9. The molecule has 1 saturated heterocycles. The number of aryl methyl sites for hydroxylation is 1. The summed E-state index contributed by atoms with van der Waals surface area (Å²) in [5.41, 5.74) is 2.65. The van der Waals surface area contributed by atoms with Crippen molar-refractivity contribution in [2.45, 2.75) is 39.7 Å². The number of halogens is 1. The second-order valence-corrected chi connectivity index (χ2v) is 6.56. The molecule has 0 bridgehead atoms. The van der Waals surface area contributed by atoms with Gasteiger partial charge in [-0.25, -0.2) is 0 Å². The minimum atomic E-state index is 0.685. The Hall–Kier alpha value is -0.540. The Bertz CT molecular complexity index is 419. The summed E-state index contributed by atoms with van der Waals surface area (Å²) in [7, 11) is 0. The molecule has 0 spiro atoms. The Balaban J connectivity index is 1.99. The van der Waals surface area contributed by atoms with Crippen LogP contribution in [0, 0.1) is 12.8 Å². The summed E-state index contributed by atoms with van der Waals surface area (Å²) in [5, 5.41) is 3.68. The minimum absolute atomic E-state index is 0.685. The summed E-state index contributed by atoms with van der Waals surface area (Å²) >= 11 is 3.63. The molecular weight excluding hydrogens is 300 g/mol. The van der Waals surface area contributed by atoms with Gasteiger partial charge in [-0.1, -0.05) is 35.8 Å². The van der Waals surface area contributed by atoms with Gasteiger partial charge < -0.3 is 10.2 Å². The third-order valence-corrected chi connectivity index (χ3v) is 4.94. The molecular formula is C16H25BrN2. The molecule has 19 heavy (non-hydrogen) atoms. The van der Waals surface area contributed by atoms with Gasteiger partial charge in [0.05, 0.1) is 0 Å². The topological polar surface area (TPSA) is 15.3 Å². The molecule has 0 aromatic heterocycles. The lowest BCUT2D eigenvalue weighted by Gasteiger charge is -2.39. The molecule has 0 amide bonds. The highest BCUT2D eigenvalue weighted by molar-refractivity contribution is 9.10. The van der Waals surface area contributed by atoms with E-state index in [1.54, 1.807) is 0 Å². The molecule has 2 rings (SSSR count). The number of piperidine rings is 1. The summed E-state index contributed by atoms with van der Waals surface area (Å²) in [6.45, 7) is 10.2. The zero-order valence-corrected chi connectivity index (χ0v) is 13.8. The minimum Gasteiger partial charge on any atom is -0.371 e. The Morgan fingerprint density at radius 3 is 2.84 bits per heavy atom. The van der Waals surface area contributed by atoms with Crippen LogP contribution < -0.4 is 10.2 Å². The number of nitrogens with one attached hydrogen (secondary N) is 1. The van der Waals surface area contributed by atoms with Crippen LogP contribution >= 0.6 is 15.9 Å². The van der Waals surface area contributed by atoms with Gasteiger partial charge in [-0.2, -0.15) is 0 Å². The predicted octanol–water partition coefficient (Wildman–Crippen LogP) is 3.97. The van der Waals surface area contributed by atoms with E-state index in [1.807, 2.05) is 0 Å². The summed E-state index contributed by atoms with van der Waals surface area (Å²) < 4.78 is 1.21. The highest BCUT2D eigenvalue weighted by Gasteiger charge is 2.25. The Kier molecular flexibility index (Phi) is 5.28. The lowest BCUT2D eigenvalue weighted by molar-refractivity contribution is 0.322. The Morgan fingerprint density at radius 1 is 1.42 bits per heavy atom. The van der Waals surface area contributed by atoms with Crippen LogP contribution in [0.1, 0.15) is 32.3 Å². The summed E-state index contributed by atoms with van der Waals surface area (Å²) in [5.74, 6) is 0.709. The third-order valence-electron chi connectivity index (χ3n) is 4.08. The Labute approximate surface area is 125 Å². The standard InChI is InChI=1S/C16H25BrN2/c1-4-8-18-16-7-9-19(11-13(16)3)14-6-5-12(2)15(17)10-14/h5-6,10,13,16,18H,4,7-9,11H2,1-3H3. The average Bonchev–Trinajstić information content (AvgIpc) is 2.40. The molecule has 3 heteroatoms. The summed E-state index contributed by atoms with van der Waals surface area (Å²) in [6, 6.07) is 7.38. The van der Waals surface area contributed by atoms with Crippen LogP contribution in [0.4, 0.5) is 5.69 Å². The molecule has 1 aromatic carbocycles. The van der Waals surface area contributed by atoms with Crippen molar-refractivity contribution >= 4 is 21.6 Å². The van der Waals surface area contributed by atoms with E-state index in [9.17, 15) is 0 Å². The zero-order chi connectivity index (χ0) is 13.8. The van der Waals surface area contributed by atoms with Gasteiger partial charge in [0.25, 0.3) is 0 Å². The van der Waals surface area contributed by atoms with Crippen LogP contribution in [0.15, 0.2) is 22.7 Å². The monoisotopic (exact) mass is 324 g/mol. The number of rotatable bonds is 4. The van der Waals surface area contributed by atoms with Crippen LogP contribution in [0.2, 0.25) is 0 Å². The molecule has 0 radical (unpaired) electrons. The van der Waals surface area contributed by atoms with E-state index in [1.165, 1.54) is 28.6 Å². The van der Waals surface area contributed by atoms with Gasteiger partial charge in [0, 0.05) is 29.3 Å². The summed E-state index contributed by atoms with van der Waals surface area (Å²) in [6.07, 6.45) is 2.46. The molecule has 1 fully saturated rings. The van der Waals surface area contributed by atoms with Gasteiger partial charge >= 0.3 is 0 Å². The van der Waals surface area contributed by atoms with Crippen molar-refractivity contribution in [3.63, 3.8) is 0 Å². The second kappa shape index (κ2) is 6.76. The van der Waals surface area contributed by atoms with E-state index >= 15 is 0 Å². The fraction of sp³-hybridized carbons (Fsp3) is 0.625. The number of anilines is 1. The number of hydrogen-bond donors (Lipinski definition) is 1. The van der Waals surface area contributed by atoms with Gasteiger partial charge in [-0.05, 0) is 49.9 Å². The van der Waals surface area contributed by atoms with Crippen molar-refractivity contribution in [3.8, 4) is 0 Å². The molecule has 1 aliphatic rings. The van der Waals surface area contributed by atoms with Gasteiger partial charge in [0.1, 0.15) is 0 Å². The molecule has 106 valence electrons. The van der Waals surface area contributed by atoms with Crippen molar-refractivity contribution in [1.29, 1.82) is 0 Å². The second-order valence-electron chi connectivity index (χ2n) is 5.71. The van der Waals surface area contributed by atoms with E-state index in [4.69, 9.17) is 0 Å². The maximum absolute atomic E-state index is 3.68. The number of benzene rings is 1. The van der Waals surface area contributed by atoms with E-state index in [-0.39, 0.29) is 0 Å². The van der Waals surface area contributed by atoms with Crippen molar-refractivity contribution in [2.24, 2.45) is 5.92 Å². The predicted molar refractivity (Wildman–Crippen MR) is 87.0 cm³/mol. The molecule has 2 atom stereocenters. The lowest BCUT2D eigenvalue weighted by atomic mass is 9.93.